The third kappa shape index (κ3) is 3.05. The van der Waals surface area contributed by atoms with E-state index in [4.69, 9.17) is 4.74 Å². The lowest BCUT2D eigenvalue weighted by atomic mass is 10.1. The molecule has 0 N–H and O–H groups in total. The molecule has 2 heterocycles. The number of aromatic nitrogens is 1. The molecule has 3 heteroatoms. The van der Waals surface area contributed by atoms with Crippen LogP contribution in [0.5, 0.6) is 11.5 Å². The van der Waals surface area contributed by atoms with Crippen LogP contribution in [0.15, 0.2) is 48.7 Å². The van der Waals surface area contributed by atoms with Crippen LogP contribution >= 0.6 is 0 Å². The molecule has 3 rings (SSSR count). The Morgan fingerprint density at radius 1 is 0.895 bits per heavy atom. The van der Waals surface area contributed by atoms with E-state index in [1.165, 1.54) is 19.3 Å². The summed E-state index contributed by atoms with van der Waals surface area (Å²) in [5, 5.41) is 0. The zero-order chi connectivity index (χ0) is 12.9. The van der Waals surface area contributed by atoms with Crippen LogP contribution in [0.25, 0.3) is 0 Å². The highest BCUT2D eigenvalue weighted by atomic mass is 16.5. The molecule has 0 aliphatic carbocycles. The van der Waals surface area contributed by atoms with Crippen LogP contribution in [0.1, 0.15) is 19.3 Å². The molecular weight excluding hydrogens is 236 g/mol. The molecule has 1 fully saturated rings. The van der Waals surface area contributed by atoms with Crippen LogP contribution in [0.2, 0.25) is 0 Å². The Hall–Kier alpha value is -2.03. The SMILES string of the molecule is c1ccc(Oc2ccnc(N3CCCCC3)c2)cc1. The molecule has 0 bridgehead atoms. The third-order valence-corrected chi connectivity index (χ3v) is 3.38. The van der Waals surface area contributed by atoms with Crippen molar-refractivity contribution in [3.63, 3.8) is 0 Å². The highest BCUT2D eigenvalue weighted by Crippen LogP contribution is 2.25. The van der Waals surface area contributed by atoms with Crippen molar-refractivity contribution in [1.29, 1.82) is 0 Å². The van der Waals surface area contributed by atoms with E-state index in [0.717, 1.165) is 30.4 Å². The molecular formula is C16H18N2O. The summed E-state index contributed by atoms with van der Waals surface area (Å²) >= 11 is 0. The number of rotatable bonds is 3. The minimum absolute atomic E-state index is 0.849. The summed E-state index contributed by atoms with van der Waals surface area (Å²) in [6.45, 7) is 2.20. The van der Waals surface area contributed by atoms with E-state index >= 15 is 0 Å². The van der Waals surface area contributed by atoms with Gasteiger partial charge in [-0.05, 0) is 37.5 Å². The van der Waals surface area contributed by atoms with Crippen LogP contribution < -0.4 is 9.64 Å². The van der Waals surface area contributed by atoms with Crippen molar-refractivity contribution in [3.05, 3.63) is 48.7 Å². The predicted molar refractivity (Wildman–Crippen MR) is 76.8 cm³/mol. The average Bonchev–Trinajstić information content (AvgIpc) is 2.49. The molecule has 1 aromatic carbocycles. The van der Waals surface area contributed by atoms with Crippen molar-refractivity contribution in [3.8, 4) is 11.5 Å². The molecule has 0 radical (unpaired) electrons. The van der Waals surface area contributed by atoms with Gasteiger partial charge in [-0.3, -0.25) is 0 Å². The number of ether oxygens (including phenoxy) is 1. The standard InChI is InChI=1S/C16H18N2O/c1-3-7-14(8-4-1)19-15-9-10-17-16(13-15)18-11-5-2-6-12-18/h1,3-4,7-10,13H,2,5-6,11-12H2. The van der Waals surface area contributed by atoms with Crippen molar-refractivity contribution in [2.75, 3.05) is 18.0 Å². The lowest BCUT2D eigenvalue weighted by Crippen LogP contribution is -2.30. The minimum atomic E-state index is 0.849. The zero-order valence-electron chi connectivity index (χ0n) is 11.0. The molecule has 98 valence electrons. The van der Waals surface area contributed by atoms with Gasteiger partial charge in [0.1, 0.15) is 17.3 Å². The summed E-state index contributed by atoms with van der Waals surface area (Å²) in [5.41, 5.74) is 0. The van der Waals surface area contributed by atoms with Gasteiger partial charge in [0.2, 0.25) is 0 Å². The first-order valence-corrected chi connectivity index (χ1v) is 6.86. The predicted octanol–water partition coefficient (Wildman–Crippen LogP) is 3.86. The largest absolute Gasteiger partial charge is 0.457 e. The maximum Gasteiger partial charge on any atom is 0.132 e. The fourth-order valence-corrected chi connectivity index (χ4v) is 2.38. The van der Waals surface area contributed by atoms with E-state index in [1.807, 2.05) is 48.7 Å². The second-order valence-electron chi connectivity index (χ2n) is 4.81. The Labute approximate surface area is 113 Å². The molecule has 0 spiro atoms. The smallest absolute Gasteiger partial charge is 0.132 e. The Morgan fingerprint density at radius 3 is 2.47 bits per heavy atom. The van der Waals surface area contributed by atoms with Crippen molar-refractivity contribution in [2.45, 2.75) is 19.3 Å². The number of para-hydroxylation sites is 1. The summed E-state index contributed by atoms with van der Waals surface area (Å²) in [6, 6.07) is 13.8. The molecule has 0 atom stereocenters. The van der Waals surface area contributed by atoms with Crippen molar-refractivity contribution in [2.24, 2.45) is 0 Å². The first-order chi connectivity index (χ1) is 9.42. The van der Waals surface area contributed by atoms with E-state index < -0.39 is 0 Å². The van der Waals surface area contributed by atoms with Gasteiger partial charge >= 0.3 is 0 Å². The maximum absolute atomic E-state index is 5.84. The molecule has 2 aromatic rings. The van der Waals surface area contributed by atoms with Gasteiger partial charge in [-0.15, -0.1) is 0 Å². The first kappa shape index (κ1) is 12.0. The van der Waals surface area contributed by atoms with E-state index in [-0.39, 0.29) is 0 Å². The fourth-order valence-electron chi connectivity index (χ4n) is 2.38. The number of anilines is 1. The highest BCUT2D eigenvalue weighted by Gasteiger charge is 2.12. The molecule has 19 heavy (non-hydrogen) atoms. The molecule has 0 amide bonds. The van der Waals surface area contributed by atoms with Crippen molar-refractivity contribution >= 4 is 5.82 Å². The second-order valence-corrected chi connectivity index (χ2v) is 4.81. The molecule has 0 unspecified atom stereocenters. The van der Waals surface area contributed by atoms with E-state index in [9.17, 15) is 0 Å². The van der Waals surface area contributed by atoms with Crippen LogP contribution in [-0.4, -0.2) is 18.1 Å². The molecule has 1 aliphatic rings. The van der Waals surface area contributed by atoms with E-state index in [1.54, 1.807) is 0 Å². The van der Waals surface area contributed by atoms with E-state index in [0.29, 0.717) is 0 Å². The fraction of sp³-hybridized carbons (Fsp3) is 0.312. The summed E-state index contributed by atoms with van der Waals surface area (Å²) < 4.78 is 5.84. The second kappa shape index (κ2) is 5.74. The molecule has 0 saturated carbocycles. The first-order valence-electron chi connectivity index (χ1n) is 6.86. The van der Waals surface area contributed by atoms with Crippen LogP contribution in [0.4, 0.5) is 5.82 Å². The molecule has 1 aromatic heterocycles. The van der Waals surface area contributed by atoms with Gasteiger partial charge in [-0.2, -0.15) is 0 Å². The van der Waals surface area contributed by atoms with Gasteiger partial charge in [0.15, 0.2) is 0 Å². The summed E-state index contributed by atoms with van der Waals surface area (Å²) in [6.07, 6.45) is 5.66. The Balaban J connectivity index is 1.76. The molecule has 3 nitrogen and oxygen atoms in total. The van der Waals surface area contributed by atoms with Crippen LogP contribution in [0, 0.1) is 0 Å². The highest BCUT2D eigenvalue weighted by molar-refractivity contribution is 5.45. The number of piperidine rings is 1. The lowest BCUT2D eigenvalue weighted by Gasteiger charge is -2.27. The van der Waals surface area contributed by atoms with Gasteiger partial charge in [-0.25, -0.2) is 4.98 Å². The summed E-state index contributed by atoms with van der Waals surface area (Å²) in [5.74, 6) is 2.73. The van der Waals surface area contributed by atoms with Gasteiger partial charge < -0.3 is 9.64 Å². The van der Waals surface area contributed by atoms with Gasteiger partial charge in [0, 0.05) is 25.4 Å². The minimum Gasteiger partial charge on any atom is -0.457 e. The van der Waals surface area contributed by atoms with Gasteiger partial charge in [0.05, 0.1) is 0 Å². The lowest BCUT2D eigenvalue weighted by molar-refractivity contribution is 0.481. The summed E-state index contributed by atoms with van der Waals surface area (Å²) in [7, 11) is 0. The quantitative estimate of drug-likeness (QED) is 0.831. The van der Waals surface area contributed by atoms with Gasteiger partial charge in [-0.1, -0.05) is 18.2 Å². The molecule has 1 saturated heterocycles. The summed E-state index contributed by atoms with van der Waals surface area (Å²) in [4.78, 5) is 6.79. The Morgan fingerprint density at radius 2 is 1.68 bits per heavy atom. The Kier molecular flexibility index (Phi) is 3.63. The number of benzene rings is 1. The normalized spacial score (nSPS) is 15.3. The monoisotopic (exact) mass is 254 g/mol. The van der Waals surface area contributed by atoms with Crippen LogP contribution in [0.3, 0.4) is 0 Å². The number of nitrogens with zero attached hydrogens (tertiary/aromatic N) is 2. The number of pyridine rings is 1. The average molecular weight is 254 g/mol. The van der Waals surface area contributed by atoms with Crippen molar-refractivity contribution < 1.29 is 4.74 Å². The third-order valence-electron chi connectivity index (χ3n) is 3.38. The maximum atomic E-state index is 5.84. The number of hydrogen-bond acceptors (Lipinski definition) is 3. The van der Waals surface area contributed by atoms with Gasteiger partial charge in [0.25, 0.3) is 0 Å². The van der Waals surface area contributed by atoms with Crippen LogP contribution in [-0.2, 0) is 0 Å². The topological polar surface area (TPSA) is 25.4 Å². The number of hydrogen-bond donors (Lipinski definition) is 0. The molecule has 1 aliphatic heterocycles. The Bertz CT molecular complexity index is 521. The van der Waals surface area contributed by atoms with E-state index in [2.05, 4.69) is 9.88 Å². The zero-order valence-corrected chi connectivity index (χ0v) is 11.0. The van der Waals surface area contributed by atoms with Crippen molar-refractivity contribution in [1.82, 2.24) is 4.98 Å².